The van der Waals surface area contributed by atoms with Crippen molar-refractivity contribution < 1.29 is 14.3 Å². The van der Waals surface area contributed by atoms with Crippen LogP contribution in [0.3, 0.4) is 0 Å². The minimum atomic E-state index is -0.0491. The third kappa shape index (κ3) is 3.86. The van der Waals surface area contributed by atoms with Crippen molar-refractivity contribution in [3.8, 4) is 11.5 Å². The van der Waals surface area contributed by atoms with Crippen molar-refractivity contribution >= 4 is 37.6 Å². The Morgan fingerprint density at radius 1 is 1.10 bits per heavy atom. The molecule has 3 nitrogen and oxygen atoms in total. The molecule has 0 unspecified atom stereocenters. The zero-order valence-corrected chi connectivity index (χ0v) is 14.8. The van der Waals surface area contributed by atoms with Gasteiger partial charge in [-0.1, -0.05) is 24.3 Å². The predicted molar refractivity (Wildman–Crippen MR) is 89.4 cm³/mol. The number of ketones is 1. The molecule has 0 N–H and O–H groups in total. The Morgan fingerprint density at radius 3 is 2.38 bits per heavy atom. The summed E-state index contributed by atoms with van der Waals surface area (Å²) >= 11 is 6.80. The van der Waals surface area contributed by atoms with Crippen LogP contribution in [0.1, 0.15) is 15.9 Å². The molecule has 0 spiro atoms. The highest BCUT2D eigenvalue weighted by atomic mass is 79.9. The van der Waals surface area contributed by atoms with Gasteiger partial charge in [0, 0.05) is 5.56 Å². The van der Waals surface area contributed by atoms with Crippen molar-refractivity contribution in [2.45, 2.75) is 6.92 Å². The molecule has 110 valence electrons. The van der Waals surface area contributed by atoms with Crippen molar-refractivity contribution in [3.05, 3.63) is 56.5 Å². The molecular formula is C16H14Br2O3. The third-order valence-corrected chi connectivity index (χ3v) is 4.25. The first-order valence-corrected chi connectivity index (χ1v) is 7.86. The topological polar surface area (TPSA) is 35.5 Å². The normalized spacial score (nSPS) is 10.3. The Hall–Kier alpha value is -1.33. The van der Waals surface area contributed by atoms with Gasteiger partial charge in [0.2, 0.25) is 0 Å². The van der Waals surface area contributed by atoms with Crippen molar-refractivity contribution in [2.24, 2.45) is 0 Å². The number of carbonyl (C=O) groups excluding carboxylic acids is 1. The summed E-state index contributed by atoms with van der Waals surface area (Å²) in [5, 5.41) is 0. The first-order chi connectivity index (χ1) is 10.0. The van der Waals surface area contributed by atoms with E-state index in [4.69, 9.17) is 9.47 Å². The van der Waals surface area contributed by atoms with E-state index in [2.05, 4.69) is 31.9 Å². The van der Waals surface area contributed by atoms with Crippen LogP contribution < -0.4 is 9.47 Å². The van der Waals surface area contributed by atoms with E-state index < -0.39 is 0 Å². The minimum absolute atomic E-state index is 0.0117. The number of ether oxygens (including phenoxy) is 2. The number of hydrogen-bond donors (Lipinski definition) is 0. The summed E-state index contributed by atoms with van der Waals surface area (Å²) in [5.74, 6) is 1.23. The minimum Gasteiger partial charge on any atom is -0.496 e. The van der Waals surface area contributed by atoms with E-state index in [1.165, 1.54) is 0 Å². The molecule has 0 fully saturated rings. The Morgan fingerprint density at radius 2 is 1.71 bits per heavy atom. The SMILES string of the molecule is COc1cc(Br)c(OCC(=O)c2ccccc2C)cc1Br. The summed E-state index contributed by atoms with van der Waals surface area (Å²) < 4.78 is 12.3. The van der Waals surface area contributed by atoms with Crippen molar-refractivity contribution in [2.75, 3.05) is 13.7 Å². The highest BCUT2D eigenvalue weighted by Crippen LogP contribution is 2.36. The van der Waals surface area contributed by atoms with Crippen LogP contribution in [0.15, 0.2) is 45.3 Å². The Labute approximate surface area is 140 Å². The number of rotatable bonds is 5. The summed E-state index contributed by atoms with van der Waals surface area (Å²) in [6.45, 7) is 1.90. The van der Waals surface area contributed by atoms with Crippen LogP contribution in [0, 0.1) is 6.92 Å². The smallest absolute Gasteiger partial charge is 0.200 e. The maximum Gasteiger partial charge on any atom is 0.200 e. The summed E-state index contributed by atoms with van der Waals surface area (Å²) in [6.07, 6.45) is 0. The average Bonchev–Trinajstić information content (AvgIpc) is 2.47. The lowest BCUT2D eigenvalue weighted by Crippen LogP contribution is -2.13. The Kier molecular flexibility index (Phi) is 5.42. The first-order valence-electron chi connectivity index (χ1n) is 6.27. The molecule has 0 heterocycles. The van der Waals surface area contributed by atoms with Gasteiger partial charge in [0.25, 0.3) is 0 Å². The molecule has 0 atom stereocenters. The fourth-order valence-electron chi connectivity index (χ4n) is 1.88. The molecule has 0 radical (unpaired) electrons. The number of benzene rings is 2. The number of carbonyl (C=O) groups is 1. The van der Waals surface area contributed by atoms with Gasteiger partial charge in [-0.2, -0.15) is 0 Å². The van der Waals surface area contributed by atoms with E-state index in [0.717, 1.165) is 14.5 Å². The molecule has 0 aromatic heterocycles. The first kappa shape index (κ1) is 16.0. The summed E-state index contributed by atoms with van der Waals surface area (Å²) in [5.41, 5.74) is 1.63. The number of halogens is 2. The highest BCUT2D eigenvalue weighted by molar-refractivity contribution is 9.11. The number of Topliss-reactive ketones (excluding diaryl/α,β-unsaturated/α-hetero) is 1. The molecule has 0 aliphatic carbocycles. The van der Waals surface area contributed by atoms with Crippen LogP contribution in [-0.4, -0.2) is 19.5 Å². The van der Waals surface area contributed by atoms with Gasteiger partial charge in [-0.15, -0.1) is 0 Å². The molecular weight excluding hydrogens is 400 g/mol. The maximum absolute atomic E-state index is 12.2. The quantitative estimate of drug-likeness (QED) is 0.661. The largest absolute Gasteiger partial charge is 0.496 e. The van der Waals surface area contributed by atoms with Crippen LogP contribution in [0.5, 0.6) is 11.5 Å². The molecule has 21 heavy (non-hydrogen) atoms. The molecule has 0 saturated carbocycles. The molecule has 2 rings (SSSR count). The van der Waals surface area contributed by atoms with Crippen molar-refractivity contribution in [3.63, 3.8) is 0 Å². The summed E-state index contributed by atoms with van der Waals surface area (Å²) in [7, 11) is 1.59. The van der Waals surface area contributed by atoms with Crippen LogP contribution in [0.25, 0.3) is 0 Å². The van der Waals surface area contributed by atoms with Gasteiger partial charge in [0.15, 0.2) is 12.4 Å². The molecule has 0 saturated heterocycles. The third-order valence-electron chi connectivity index (χ3n) is 3.01. The zero-order chi connectivity index (χ0) is 15.4. The molecule has 0 aliphatic rings. The van der Waals surface area contributed by atoms with Crippen LogP contribution in [-0.2, 0) is 0 Å². The van der Waals surface area contributed by atoms with Gasteiger partial charge in [-0.3, -0.25) is 4.79 Å². The number of aryl methyl sites for hydroxylation is 1. The molecule has 0 amide bonds. The van der Waals surface area contributed by atoms with Gasteiger partial charge >= 0.3 is 0 Å². The number of methoxy groups -OCH3 is 1. The lowest BCUT2D eigenvalue weighted by molar-refractivity contribution is 0.0920. The monoisotopic (exact) mass is 412 g/mol. The van der Waals surface area contributed by atoms with Crippen LogP contribution in [0.2, 0.25) is 0 Å². The molecule has 5 heteroatoms. The fourth-order valence-corrected chi connectivity index (χ4v) is 2.81. The van der Waals surface area contributed by atoms with Gasteiger partial charge in [-0.05, 0) is 56.5 Å². The van der Waals surface area contributed by atoms with E-state index in [9.17, 15) is 4.79 Å². The van der Waals surface area contributed by atoms with Gasteiger partial charge < -0.3 is 9.47 Å². The standard InChI is InChI=1S/C16H14Br2O3/c1-10-5-3-4-6-11(10)14(19)9-21-16-8-12(17)15(20-2)7-13(16)18/h3-8H,9H2,1-2H3. The molecule has 2 aromatic carbocycles. The zero-order valence-electron chi connectivity index (χ0n) is 11.7. The predicted octanol–water partition coefficient (Wildman–Crippen LogP) is 4.79. The lowest BCUT2D eigenvalue weighted by Gasteiger charge is -2.11. The highest BCUT2D eigenvalue weighted by Gasteiger charge is 2.12. The summed E-state index contributed by atoms with van der Waals surface area (Å²) in [6, 6.07) is 11.0. The molecule has 0 bridgehead atoms. The van der Waals surface area contributed by atoms with E-state index >= 15 is 0 Å². The van der Waals surface area contributed by atoms with Crippen molar-refractivity contribution in [1.82, 2.24) is 0 Å². The average molecular weight is 414 g/mol. The second-order valence-electron chi connectivity index (χ2n) is 4.44. The summed E-state index contributed by atoms with van der Waals surface area (Å²) in [4.78, 5) is 12.2. The Bertz CT molecular complexity index is 669. The Balaban J connectivity index is 2.12. The van der Waals surface area contributed by atoms with Crippen LogP contribution >= 0.6 is 31.9 Å². The second kappa shape index (κ2) is 7.09. The van der Waals surface area contributed by atoms with E-state index in [0.29, 0.717) is 17.1 Å². The number of hydrogen-bond acceptors (Lipinski definition) is 3. The van der Waals surface area contributed by atoms with Gasteiger partial charge in [0.05, 0.1) is 16.1 Å². The van der Waals surface area contributed by atoms with E-state index in [-0.39, 0.29) is 12.4 Å². The lowest BCUT2D eigenvalue weighted by atomic mass is 10.1. The van der Waals surface area contributed by atoms with Crippen molar-refractivity contribution in [1.29, 1.82) is 0 Å². The van der Waals surface area contributed by atoms with Gasteiger partial charge in [-0.25, -0.2) is 0 Å². The fraction of sp³-hybridized carbons (Fsp3) is 0.188. The van der Waals surface area contributed by atoms with Crippen LogP contribution in [0.4, 0.5) is 0 Å². The molecule has 2 aromatic rings. The second-order valence-corrected chi connectivity index (χ2v) is 6.15. The molecule has 0 aliphatic heterocycles. The van der Waals surface area contributed by atoms with E-state index in [1.54, 1.807) is 25.3 Å². The van der Waals surface area contributed by atoms with Gasteiger partial charge in [0.1, 0.15) is 11.5 Å². The maximum atomic E-state index is 12.2. The van der Waals surface area contributed by atoms with E-state index in [1.807, 2.05) is 25.1 Å².